The highest BCUT2D eigenvalue weighted by Crippen LogP contribution is 2.21. The van der Waals surface area contributed by atoms with Gasteiger partial charge in [-0.1, -0.05) is 11.6 Å². The number of rotatable bonds is 9. The molecule has 0 bridgehead atoms. The molecule has 0 spiro atoms. The minimum atomic E-state index is 0.231. The summed E-state index contributed by atoms with van der Waals surface area (Å²) in [4.78, 5) is 4.36. The zero-order chi connectivity index (χ0) is 16.5. The minimum absolute atomic E-state index is 0.231. The van der Waals surface area contributed by atoms with Crippen LogP contribution in [0.5, 0.6) is 0 Å². The molecule has 0 aliphatic carbocycles. The standard InChI is InChI=1S/C15H20ClN5OS/c1-11(17-8-2-3-9-22)10-18-14-20-15(23-21-14)19-13-6-4-12(16)5-7-13/h4-7,10,17,22H,2-3,8-9H2,1H3,(H2,18,19,20,21)/b11-10+. The van der Waals surface area contributed by atoms with Crippen molar-refractivity contribution in [1.82, 2.24) is 14.7 Å². The first-order valence-electron chi connectivity index (χ1n) is 7.31. The maximum absolute atomic E-state index is 8.72. The van der Waals surface area contributed by atoms with E-state index in [0.717, 1.165) is 30.8 Å². The van der Waals surface area contributed by atoms with Crippen LogP contribution in [0.25, 0.3) is 0 Å². The maximum atomic E-state index is 8.72. The number of unbranched alkanes of at least 4 members (excludes halogenated alkanes) is 1. The fourth-order valence-electron chi connectivity index (χ4n) is 1.74. The van der Waals surface area contributed by atoms with Gasteiger partial charge >= 0.3 is 0 Å². The van der Waals surface area contributed by atoms with Crippen molar-refractivity contribution in [3.63, 3.8) is 0 Å². The Labute approximate surface area is 144 Å². The van der Waals surface area contributed by atoms with E-state index in [1.54, 1.807) is 0 Å². The van der Waals surface area contributed by atoms with E-state index < -0.39 is 0 Å². The molecule has 0 saturated heterocycles. The van der Waals surface area contributed by atoms with Crippen LogP contribution in [0.15, 0.2) is 36.2 Å². The Morgan fingerprint density at radius 3 is 2.83 bits per heavy atom. The molecular weight excluding hydrogens is 334 g/mol. The average molecular weight is 354 g/mol. The highest BCUT2D eigenvalue weighted by Gasteiger charge is 2.03. The molecule has 8 heteroatoms. The first kappa shape index (κ1) is 17.5. The predicted molar refractivity (Wildman–Crippen MR) is 96.3 cm³/mol. The second-order valence-corrected chi connectivity index (χ2v) is 6.07. The number of nitrogens with one attached hydrogen (secondary N) is 3. The maximum Gasteiger partial charge on any atom is 0.240 e. The summed E-state index contributed by atoms with van der Waals surface area (Å²) in [6.45, 7) is 3.03. The van der Waals surface area contributed by atoms with Crippen LogP contribution in [-0.4, -0.2) is 27.6 Å². The number of anilines is 3. The van der Waals surface area contributed by atoms with Crippen LogP contribution in [0.4, 0.5) is 16.8 Å². The number of allylic oxidation sites excluding steroid dienone is 1. The Balaban J connectivity index is 1.81. The Morgan fingerprint density at radius 1 is 1.30 bits per heavy atom. The van der Waals surface area contributed by atoms with Crippen molar-refractivity contribution in [2.24, 2.45) is 0 Å². The highest BCUT2D eigenvalue weighted by molar-refractivity contribution is 7.10. The zero-order valence-electron chi connectivity index (χ0n) is 12.8. The Morgan fingerprint density at radius 2 is 2.09 bits per heavy atom. The van der Waals surface area contributed by atoms with Gasteiger partial charge in [-0.15, -0.1) is 0 Å². The van der Waals surface area contributed by atoms with E-state index in [9.17, 15) is 0 Å². The van der Waals surface area contributed by atoms with Gasteiger partial charge in [-0.05, 0) is 44.0 Å². The van der Waals surface area contributed by atoms with Crippen LogP contribution in [0.2, 0.25) is 5.02 Å². The Hall–Kier alpha value is -1.83. The molecule has 124 valence electrons. The summed E-state index contributed by atoms with van der Waals surface area (Å²) in [6.07, 6.45) is 3.57. The highest BCUT2D eigenvalue weighted by atomic mass is 35.5. The van der Waals surface area contributed by atoms with Crippen molar-refractivity contribution >= 4 is 39.9 Å². The third kappa shape index (κ3) is 6.43. The molecular formula is C15H20ClN5OS. The number of aliphatic hydroxyl groups excluding tert-OH is 1. The van der Waals surface area contributed by atoms with Crippen LogP contribution in [0.3, 0.4) is 0 Å². The van der Waals surface area contributed by atoms with Gasteiger partial charge in [0.2, 0.25) is 11.1 Å². The molecule has 0 unspecified atom stereocenters. The Bertz CT molecular complexity index is 629. The third-order valence-electron chi connectivity index (χ3n) is 2.93. The van der Waals surface area contributed by atoms with Gasteiger partial charge in [0.25, 0.3) is 0 Å². The molecule has 0 fully saturated rings. The Kier molecular flexibility index (Phi) is 7.12. The van der Waals surface area contributed by atoms with Crippen molar-refractivity contribution in [2.75, 3.05) is 23.8 Å². The van der Waals surface area contributed by atoms with Crippen molar-refractivity contribution < 1.29 is 5.11 Å². The van der Waals surface area contributed by atoms with Crippen LogP contribution in [-0.2, 0) is 0 Å². The lowest BCUT2D eigenvalue weighted by Gasteiger charge is -2.05. The number of nitrogens with zero attached hydrogens (tertiary/aromatic N) is 2. The SMILES string of the molecule is C/C(=C\Nc1nsc(Nc2ccc(Cl)cc2)n1)NCCCCO. The van der Waals surface area contributed by atoms with Crippen LogP contribution in [0.1, 0.15) is 19.8 Å². The summed E-state index contributed by atoms with van der Waals surface area (Å²) >= 11 is 7.13. The largest absolute Gasteiger partial charge is 0.396 e. The first-order chi connectivity index (χ1) is 11.2. The second kappa shape index (κ2) is 9.34. The van der Waals surface area contributed by atoms with E-state index in [2.05, 4.69) is 25.3 Å². The van der Waals surface area contributed by atoms with Crippen molar-refractivity contribution in [1.29, 1.82) is 0 Å². The van der Waals surface area contributed by atoms with E-state index in [4.69, 9.17) is 16.7 Å². The average Bonchev–Trinajstić information content (AvgIpc) is 2.99. The number of benzene rings is 1. The second-order valence-electron chi connectivity index (χ2n) is 4.88. The molecule has 2 rings (SSSR count). The number of aromatic nitrogens is 2. The summed E-state index contributed by atoms with van der Waals surface area (Å²) < 4.78 is 4.24. The fourth-order valence-corrected chi connectivity index (χ4v) is 2.42. The van der Waals surface area contributed by atoms with Crippen LogP contribution in [0, 0.1) is 0 Å². The molecule has 0 amide bonds. The summed E-state index contributed by atoms with van der Waals surface area (Å²) in [5.41, 5.74) is 1.90. The topological polar surface area (TPSA) is 82.1 Å². The minimum Gasteiger partial charge on any atom is -0.396 e. The lowest BCUT2D eigenvalue weighted by atomic mass is 10.3. The normalized spacial score (nSPS) is 11.3. The summed E-state index contributed by atoms with van der Waals surface area (Å²) in [6, 6.07) is 7.41. The molecule has 1 heterocycles. The van der Waals surface area contributed by atoms with Crippen LogP contribution >= 0.6 is 23.1 Å². The lowest BCUT2D eigenvalue weighted by Crippen LogP contribution is -2.14. The van der Waals surface area contributed by atoms with Gasteiger partial charge in [0.15, 0.2) is 0 Å². The fraction of sp³-hybridized carbons (Fsp3) is 0.333. The smallest absolute Gasteiger partial charge is 0.240 e. The van der Waals surface area contributed by atoms with Gasteiger partial charge < -0.3 is 21.1 Å². The zero-order valence-corrected chi connectivity index (χ0v) is 14.4. The van der Waals surface area contributed by atoms with Gasteiger partial charge in [0.1, 0.15) is 0 Å². The molecule has 23 heavy (non-hydrogen) atoms. The molecule has 1 aromatic carbocycles. The summed E-state index contributed by atoms with van der Waals surface area (Å²) in [5, 5.41) is 19.6. The van der Waals surface area contributed by atoms with E-state index >= 15 is 0 Å². The predicted octanol–water partition coefficient (Wildman–Crippen LogP) is 3.57. The van der Waals surface area contributed by atoms with Gasteiger partial charge in [-0.25, -0.2) is 0 Å². The van der Waals surface area contributed by atoms with E-state index in [1.165, 1.54) is 11.5 Å². The van der Waals surface area contributed by atoms with Gasteiger partial charge in [0.05, 0.1) is 0 Å². The third-order valence-corrected chi connectivity index (χ3v) is 3.81. The van der Waals surface area contributed by atoms with Crippen molar-refractivity contribution in [3.8, 4) is 0 Å². The van der Waals surface area contributed by atoms with E-state index in [1.807, 2.05) is 37.4 Å². The van der Waals surface area contributed by atoms with Crippen molar-refractivity contribution in [2.45, 2.75) is 19.8 Å². The first-order valence-corrected chi connectivity index (χ1v) is 8.47. The molecule has 0 aliphatic rings. The molecule has 1 aromatic heterocycles. The molecule has 0 atom stereocenters. The number of hydrogen-bond acceptors (Lipinski definition) is 7. The number of halogens is 1. The van der Waals surface area contributed by atoms with Gasteiger partial charge in [0, 0.05) is 47.3 Å². The lowest BCUT2D eigenvalue weighted by molar-refractivity contribution is 0.284. The molecule has 2 aromatic rings. The number of hydrogen-bond donors (Lipinski definition) is 4. The monoisotopic (exact) mass is 353 g/mol. The quantitative estimate of drug-likeness (QED) is 0.516. The van der Waals surface area contributed by atoms with Crippen LogP contribution < -0.4 is 16.0 Å². The van der Waals surface area contributed by atoms with Gasteiger partial charge in [-0.2, -0.15) is 9.36 Å². The number of aliphatic hydroxyl groups is 1. The van der Waals surface area contributed by atoms with E-state index in [0.29, 0.717) is 16.1 Å². The summed E-state index contributed by atoms with van der Waals surface area (Å²) in [7, 11) is 0. The summed E-state index contributed by atoms with van der Waals surface area (Å²) in [5.74, 6) is 0.544. The molecule has 4 N–H and O–H groups in total. The molecule has 6 nitrogen and oxygen atoms in total. The van der Waals surface area contributed by atoms with E-state index in [-0.39, 0.29) is 6.61 Å². The molecule has 0 radical (unpaired) electrons. The molecule has 0 aliphatic heterocycles. The molecule has 0 saturated carbocycles. The van der Waals surface area contributed by atoms with Gasteiger partial charge in [-0.3, -0.25) is 0 Å². The van der Waals surface area contributed by atoms with Crippen molar-refractivity contribution in [3.05, 3.63) is 41.2 Å².